The van der Waals surface area contributed by atoms with Crippen LogP contribution in [0.25, 0.3) is 0 Å². The van der Waals surface area contributed by atoms with Gasteiger partial charge in [-0.05, 0) is 36.8 Å². The Labute approximate surface area is 183 Å². The first-order valence-electron chi connectivity index (χ1n) is 10.2. The number of rotatable bonds is 8. The zero-order chi connectivity index (χ0) is 22.4. The number of nitrogens with zero attached hydrogens (tertiary/aromatic N) is 4. The van der Waals surface area contributed by atoms with Gasteiger partial charge in [0.25, 0.3) is 16.1 Å². The normalized spacial score (nSPS) is 15.0. The minimum Gasteiger partial charge on any atom is -0.368 e. The first kappa shape index (κ1) is 22.9. The number of hydrogen-bond acceptors (Lipinski definition) is 7. The Kier molecular flexibility index (Phi) is 7.42. The second-order valence-electron chi connectivity index (χ2n) is 7.30. The summed E-state index contributed by atoms with van der Waals surface area (Å²) in [5.74, 6) is 0.110. The number of pyridine rings is 2. The van der Waals surface area contributed by atoms with E-state index in [2.05, 4.69) is 34.5 Å². The molecule has 3 rings (SSSR count). The van der Waals surface area contributed by atoms with Gasteiger partial charge in [0, 0.05) is 52.5 Å². The molecular weight excluding hydrogens is 418 g/mol. The van der Waals surface area contributed by atoms with Crippen LogP contribution in [-0.4, -0.2) is 69.0 Å². The predicted octanol–water partition coefficient (Wildman–Crippen LogP) is 0.733. The van der Waals surface area contributed by atoms with E-state index in [4.69, 9.17) is 0 Å². The number of aromatic nitrogens is 2. The molecule has 11 heteroatoms. The van der Waals surface area contributed by atoms with Crippen molar-refractivity contribution in [2.75, 3.05) is 49.4 Å². The second-order valence-corrected chi connectivity index (χ2v) is 8.80. The van der Waals surface area contributed by atoms with E-state index in [0.717, 1.165) is 43.1 Å². The molecule has 2 aromatic rings. The topological polar surface area (TPSA) is 120 Å². The fourth-order valence-electron chi connectivity index (χ4n) is 3.54. The molecule has 1 saturated heterocycles. The quantitative estimate of drug-likeness (QED) is 0.546. The van der Waals surface area contributed by atoms with Gasteiger partial charge in [-0.2, -0.15) is 13.1 Å². The van der Waals surface area contributed by atoms with Crippen molar-refractivity contribution < 1.29 is 13.2 Å². The average molecular weight is 448 g/mol. The highest BCUT2D eigenvalue weighted by atomic mass is 32.2. The Hall–Kier alpha value is -2.76. The van der Waals surface area contributed by atoms with E-state index in [0.29, 0.717) is 24.6 Å². The molecule has 1 aliphatic heterocycles. The van der Waals surface area contributed by atoms with E-state index in [1.54, 1.807) is 32.3 Å². The molecule has 0 unspecified atom stereocenters. The van der Waals surface area contributed by atoms with Crippen molar-refractivity contribution in [3.63, 3.8) is 0 Å². The Morgan fingerprint density at radius 1 is 1.16 bits per heavy atom. The van der Waals surface area contributed by atoms with Crippen LogP contribution in [0.1, 0.15) is 28.7 Å². The molecule has 0 bridgehead atoms. The van der Waals surface area contributed by atoms with Crippen molar-refractivity contribution in [2.45, 2.75) is 20.4 Å². The van der Waals surface area contributed by atoms with Gasteiger partial charge >= 0.3 is 0 Å². The minimum absolute atomic E-state index is 0.191. The van der Waals surface area contributed by atoms with Gasteiger partial charge in [-0.1, -0.05) is 6.92 Å². The lowest BCUT2D eigenvalue weighted by Crippen LogP contribution is -2.46. The lowest BCUT2D eigenvalue weighted by atomic mass is 10.2. The van der Waals surface area contributed by atoms with E-state index in [1.165, 1.54) is 0 Å². The molecule has 168 valence electrons. The van der Waals surface area contributed by atoms with Gasteiger partial charge in [0.1, 0.15) is 11.5 Å². The fourth-order valence-corrected chi connectivity index (χ4v) is 4.38. The molecule has 0 aromatic carbocycles. The van der Waals surface area contributed by atoms with Crippen LogP contribution in [0.2, 0.25) is 0 Å². The molecular formula is C20H29N7O3S. The van der Waals surface area contributed by atoms with Gasteiger partial charge in [-0.25, -0.2) is 9.97 Å². The largest absolute Gasteiger partial charge is 0.368 e. The molecule has 3 heterocycles. The highest BCUT2D eigenvalue weighted by Crippen LogP contribution is 2.21. The van der Waals surface area contributed by atoms with Gasteiger partial charge in [0.05, 0.1) is 11.4 Å². The zero-order valence-electron chi connectivity index (χ0n) is 18.1. The van der Waals surface area contributed by atoms with E-state index in [9.17, 15) is 13.2 Å². The molecule has 1 fully saturated rings. The van der Waals surface area contributed by atoms with Crippen molar-refractivity contribution >= 4 is 27.6 Å². The maximum Gasteiger partial charge on any atom is 0.300 e. The molecule has 1 aliphatic rings. The number of nitrogens with one attached hydrogen (secondary N) is 3. The summed E-state index contributed by atoms with van der Waals surface area (Å²) in [5.41, 5.74) is 3.28. The first-order chi connectivity index (χ1) is 14.8. The molecule has 1 amide bonds. The lowest BCUT2D eigenvalue weighted by Gasteiger charge is -2.36. The van der Waals surface area contributed by atoms with Crippen molar-refractivity contribution in [1.82, 2.24) is 24.9 Å². The maximum absolute atomic E-state index is 11.9. The molecule has 0 aliphatic carbocycles. The Balaban J connectivity index is 1.58. The molecule has 0 atom stereocenters. The maximum atomic E-state index is 11.9. The molecule has 0 radical (unpaired) electrons. The lowest BCUT2D eigenvalue weighted by molar-refractivity contribution is 0.0958. The fraction of sp³-hybridized carbons (Fsp3) is 0.450. The summed E-state index contributed by atoms with van der Waals surface area (Å²) in [6, 6.07) is 7.35. The molecule has 0 saturated carbocycles. The third-order valence-corrected chi connectivity index (χ3v) is 6.18. The highest BCUT2D eigenvalue weighted by molar-refractivity contribution is 7.90. The van der Waals surface area contributed by atoms with E-state index in [1.807, 2.05) is 19.1 Å². The Morgan fingerprint density at radius 3 is 2.55 bits per heavy atom. The molecule has 31 heavy (non-hydrogen) atoms. The van der Waals surface area contributed by atoms with E-state index >= 15 is 0 Å². The minimum atomic E-state index is -3.60. The summed E-state index contributed by atoms with van der Waals surface area (Å²) in [6.45, 7) is 8.05. The number of hydrogen-bond donors (Lipinski definition) is 3. The summed E-state index contributed by atoms with van der Waals surface area (Å²) in [7, 11) is -2.01. The Bertz CT molecular complexity index is 1020. The van der Waals surface area contributed by atoms with Gasteiger partial charge in [0.2, 0.25) is 0 Å². The van der Waals surface area contributed by atoms with E-state index in [-0.39, 0.29) is 5.91 Å². The number of aryl methyl sites for hydroxylation is 1. The van der Waals surface area contributed by atoms with Crippen LogP contribution >= 0.6 is 0 Å². The SMILES string of the molecule is CCNS(=O)(=O)Nc1cc(CN2CCN(c3ccc(C(=O)NC)nc3C)CC2)ccn1. The number of piperazine rings is 1. The molecule has 10 nitrogen and oxygen atoms in total. The molecule has 2 aromatic heterocycles. The number of amides is 1. The van der Waals surface area contributed by atoms with Crippen molar-refractivity contribution in [2.24, 2.45) is 0 Å². The molecule has 0 spiro atoms. The highest BCUT2D eigenvalue weighted by Gasteiger charge is 2.20. The second kappa shape index (κ2) is 10.0. The first-order valence-corrected chi connectivity index (χ1v) is 11.7. The van der Waals surface area contributed by atoms with Crippen molar-refractivity contribution in [3.05, 3.63) is 47.4 Å². The summed E-state index contributed by atoms with van der Waals surface area (Å²) >= 11 is 0. The number of anilines is 2. The monoisotopic (exact) mass is 447 g/mol. The third kappa shape index (κ3) is 6.12. The van der Waals surface area contributed by atoms with Crippen LogP contribution in [-0.2, 0) is 16.8 Å². The summed E-state index contributed by atoms with van der Waals surface area (Å²) < 4.78 is 28.6. The number of carbonyl (C=O) groups is 1. The van der Waals surface area contributed by atoms with Crippen LogP contribution in [0.15, 0.2) is 30.5 Å². The summed E-state index contributed by atoms with van der Waals surface area (Å²) in [6.07, 6.45) is 1.61. The summed E-state index contributed by atoms with van der Waals surface area (Å²) in [4.78, 5) is 24.9. The molecule has 3 N–H and O–H groups in total. The van der Waals surface area contributed by atoms with Gasteiger partial charge in [-0.15, -0.1) is 0 Å². The summed E-state index contributed by atoms with van der Waals surface area (Å²) in [5, 5.41) is 2.59. The number of carbonyl (C=O) groups excluding carboxylic acids is 1. The van der Waals surface area contributed by atoms with Crippen molar-refractivity contribution in [3.8, 4) is 0 Å². The van der Waals surface area contributed by atoms with Crippen molar-refractivity contribution in [1.29, 1.82) is 0 Å². The van der Waals surface area contributed by atoms with E-state index < -0.39 is 10.2 Å². The Morgan fingerprint density at radius 2 is 1.90 bits per heavy atom. The van der Waals surface area contributed by atoms with Crippen LogP contribution in [0, 0.1) is 6.92 Å². The average Bonchev–Trinajstić information content (AvgIpc) is 2.73. The van der Waals surface area contributed by atoms with Gasteiger partial charge in [-0.3, -0.25) is 14.4 Å². The zero-order valence-corrected chi connectivity index (χ0v) is 18.9. The van der Waals surface area contributed by atoms with Gasteiger partial charge < -0.3 is 10.2 Å². The van der Waals surface area contributed by atoms with Crippen LogP contribution in [0.5, 0.6) is 0 Å². The third-order valence-electron chi connectivity index (χ3n) is 5.03. The van der Waals surface area contributed by atoms with Crippen LogP contribution in [0.3, 0.4) is 0 Å². The van der Waals surface area contributed by atoms with Crippen LogP contribution in [0.4, 0.5) is 11.5 Å². The van der Waals surface area contributed by atoms with Gasteiger partial charge in [0.15, 0.2) is 0 Å². The van der Waals surface area contributed by atoms with Crippen LogP contribution < -0.4 is 19.7 Å². The smallest absolute Gasteiger partial charge is 0.300 e. The predicted molar refractivity (Wildman–Crippen MR) is 120 cm³/mol. The standard InChI is InChI=1S/C20H29N7O3S/c1-4-23-31(29,30)25-19-13-16(7-8-22-19)14-26-9-11-27(12-10-26)18-6-5-17(20(28)21-3)24-15(18)2/h5-8,13,23H,4,9-12,14H2,1-3H3,(H,21,28)(H,22,25).